The summed E-state index contributed by atoms with van der Waals surface area (Å²) < 4.78 is 69.6. The highest BCUT2D eigenvalue weighted by Gasteiger charge is 2.38. The molecule has 0 radical (unpaired) electrons. The summed E-state index contributed by atoms with van der Waals surface area (Å²) in [5, 5.41) is 0. The number of fused-ring (bicyclic) bond motifs is 1. The van der Waals surface area contributed by atoms with Gasteiger partial charge in [0.1, 0.15) is 0 Å². The third-order valence-electron chi connectivity index (χ3n) is 5.37. The minimum absolute atomic E-state index is 0.0694. The number of alkyl halides is 3. The summed E-state index contributed by atoms with van der Waals surface area (Å²) in [5.41, 5.74) is 0.745. The van der Waals surface area contributed by atoms with Crippen molar-refractivity contribution < 1.29 is 21.6 Å². The smallest absolute Gasteiger partial charge is 0.320 e. The summed E-state index contributed by atoms with van der Waals surface area (Å²) in [6.45, 7) is 0.704. The molecule has 1 aliphatic heterocycles. The lowest BCUT2D eigenvalue weighted by Gasteiger charge is -2.31. The second-order valence-corrected chi connectivity index (χ2v) is 10.2. The van der Waals surface area contributed by atoms with Crippen LogP contribution in [0.25, 0.3) is 11.0 Å². The highest BCUT2D eigenvalue weighted by Crippen LogP contribution is 2.33. The van der Waals surface area contributed by atoms with Crippen molar-refractivity contribution in [2.45, 2.75) is 30.5 Å². The van der Waals surface area contributed by atoms with E-state index in [0.717, 1.165) is 4.47 Å². The lowest BCUT2D eigenvalue weighted by atomic mass is 9.98. The van der Waals surface area contributed by atoms with E-state index in [0.29, 0.717) is 23.9 Å². The lowest BCUT2D eigenvalue weighted by molar-refractivity contribution is -0.147. The molecule has 0 N–H and O–H groups in total. The Balaban J connectivity index is 1.51. The van der Waals surface area contributed by atoms with E-state index >= 15 is 0 Å². The summed E-state index contributed by atoms with van der Waals surface area (Å²) in [5.74, 6) is -0.978. The molecule has 0 atom stereocenters. The normalized spacial score (nSPS) is 16.9. The van der Waals surface area contributed by atoms with Gasteiger partial charge in [-0.1, -0.05) is 28.1 Å². The number of imidazole rings is 1. The molecule has 10 heteroatoms. The third kappa shape index (κ3) is 4.13. The fraction of sp³-hybridized carbons (Fsp3) is 0.350. The fourth-order valence-electron chi connectivity index (χ4n) is 3.82. The Labute approximate surface area is 180 Å². The summed E-state index contributed by atoms with van der Waals surface area (Å²) in [6, 6.07) is 13.0. The van der Waals surface area contributed by atoms with Gasteiger partial charge in [0.25, 0.3) is 0 Å². The van der Waals surface area contributed by atoms with Gasteiger partial charge in [-0.25, -0.2) is 13.4 Å². The number of piperidine rings is 1. The Bertz CT molecular complexity index is 1150. The van der Waals surface area contributed by atoms with Crippen LogP contribution in [0.1, 0.15) is 18.7 Å². The van der Waals surface area contributed by atoms with E-state index in [4.69, 9.17) is 0 Å². The van der Waals surface area contributed by atoms with Gasteiger partial charge in [-0.15, -0.1) is 0 Å². The molecular weight excluding hydrogens is 483 g/mol. The summed E-state index contributed by atoms with van der Waals surface area (Å²) in [4.78, 5) is 3.99. The molecule has 0 spiro atoms. The first-order chi connectivity index (χ1) is 14.2. The van der Waals surface area contributed by atoms with Crippen molar-refractivity contribution in [3.8, 4) is 0 Å². The molecule has 160 valence electrons. The second kappa shape index (κ2) is 7.97. The van der Waals surface area contributed by atoms with Crippen molar-refractivity contribution in [1.82, 2.24) is 13.9 Å². The number of hydrogen-bond donors (Lipinski definition) is 0. The number of rotatable bonds is 4. The highest BCUT2D eigenvalue weighted by molar-refractivity contribution is 9.10. The maximum absolute atomic E-state index is 13.5. The molecule has 2 aromatic carbocycles. The lowest BCUT2D eigenvalue weighted by Crippen LogP contribution is -2.39. The molecule has 5 nitrogen and oxygen atoms in total. The molecule has 3 aromatic rings. The van der Waals surface area contributed by atoms with Crippen molar-refractivity contribution in [1.29, 1.82) is 0 Å². The van der Waals surface area contributed by atoms with E-state index < -0.39 is 22.0 Å². The Morgan fingerprint density at radius 1 is 1.03 bits per heavy atom. The summed E-state index contributed by atoms with van der Waals surface area (Å²) in [6.07, 6.45) is -3.58. The van der Waals surface area contributed by atoms with Crippen LogP contribution in [0.5, 0.6) is 0 Å². The van der Waals surface area contributed by atoms with Crippen LogP contribution in [0.4, 0.5) is 13.2 Å². The Morgan fingerprint density at radius 3 is 2.30 bits per heavy atom. The number of nitrogens with zero attached hydrogens (tertiary/aromatic N) is 3. The highest BCUT2D eigenvalue weighted by atomic mass is 79.9. The second-order valence-electron chi connectivity index (χ2n) is 7.33. The molecule has 0 aliphatic carbocycles. The standard InChI is InChI=1S/C20H19BrF3N3O2S/c21-15-5-7-16(8-6-15)30(28,29)26-11-9-14(10-12-26)13-27-18-4-2-1-3-17(18)25-19(27)20(22,23)24/h1-8,14H,9-13H2. The van der Waals surface area contributed by atoms with Crippen molar-refractivity contribution in [2.24, 2.45) is 5.92 Å². The zero-order chi connectivity index (χ0) is 21.5. The fourth-order valence-corrected chi connectivity index (χ4v) is 5.56. The number of sulfonamides is 1. The SMILES string of the molecule is O=S(=O)(c1ccc(Br)cc1)N1CCC(Cn2c(C(F)(F)F)nc3ccccc32)CC1. The van der Waals surface area contributed by atoms with Gasteiger partial charge < -0.3 is 4.57 Å². The Hall–Kier alpha value is -1.91. The van der Waals surface area contributed by atoms with Crippen LogP contribution in [0, 0.1) is 5.92 Å². The van der Waals surface area contributed by atoms with E-state index in [1.807, 2.05) is 0 Å². The summed E-state index contributed by atoms with van der Waals surface area (Å²) in [7, 11) is -3.62. The predicted molar refractivity (Wildman–Crippen MR) is 110 cm³/mol. The topological polar surface area (TPSA) is 55.2 Å². The molecule has 0 saturated carbocycles. The van der Waals surface area contributed by atoms with E-state index in [9.17, 15) is 21.6 Å². The van der Waals surface area contributed by atoms with E-state index in [2.05, 4.69) is 20.9 Å². The zero-order valence-electron chi connectivity index (χ0n) is 15.8. The third-order valence-corrected chi connectivity index (χ3v) is 7.82. The van der Waals surface area contributed by atoms with Gasteiger partial charge in [-0.05, 0) is 55.2 Å². The predicted octanol–water partition coefficient (Wildman–Crippen LogP) is 4.92. The zero-order valence-corrected chi connectivity index (χ0v) is 18.2. The van der Waals surface area contributed by atoms with Gasteiger partial charge in [0.05, 0.1) is 15.9 Å². The van der Waals surface area contributed by atoms with Crippen LogP contribution in [0.3, 0.4) is 0 Å². The van der Waals surface area contributed by atoms with Crippen LogP contribution in [-0.2, 0) is 22.7 Å². The van der Waals surface area contributed by atoms with Gasteiger partial charge in [-0.2, -0.15) is 17.5 Å². The van der Waals surface area contributed by atoms with Gasteiger partial charge in [0.15, 0.2) is 0 Å². The van der Waals surface area contributed by atoms with Crippen LogP contribution < -0.4 is 0 Å². The van der Waals surface area contributed by atoms with Crippen LogP contribution >= 0.6 is 15.9 Å². The van der Waals surface area contributed by atoms with Crippen LogP contribution in [0.15, 0.2) is 57.9 Å². The average molecular weight is 502 g/mol. The average Bonchev–Trinajstić information content (AvgIpc) is 3.08. The van der Waals surface area contributed by atoms with Gasteiger partial charge in [-0.3, -0.25) is 0 Å². The number of para-hydroxylation sites is 2. The molecule has 30 heavy (non-hydrogen) atoms. The molecule has 0 bridgehead atoms. The Morgan fingerprint density at radius 2 is 1.67 bits per heavy atom. The molecular formula is C20H19BrF3N3O2S. The minimum Gasteiger partial charge on any atom is -0.320 e. The first-order valence-electron chi connectivity index (χ1n) is 9.44. The molecule has 1 fully saturated rings. The van der Waals surface area contributed by atoms with E-state index in [1.54, 1.807) is 48.5 Å². The van der Waals surface area contributed by atoms with Crippen molar-refractivity contribution in [3.63, 3.8) is 0 Å². The molecule has 0 unspecified atom stereocenters. The van der Waals surface area contributed by atoms with Gasteiger partial charge in [0.2, 0.25) is 15.8 Å². The number of benzene rings is 2. The number of hydrogen-bond acceptors (Lipinski definition) is 3. The van der Waals surface area contributed by atoms with Crippen molar-refractivity contribution in [3.05, 3.63) is 58.8 Å². The molecule has 1 aromatic heterocycles. The molecule has 0 amide bonds. The maximum atomic E-state index is 13.5. The maximum Gasteiger partial charge on any atom is 0.449 e. The summed E-state index contributed by atoms with van der Waals surface area (Å²) >= 11 is 3.29. The van der Waals surface area contributed by atoms with Gasteiger partial charge >= 0.3 is 6.18 Å². The first kappa shape index (κ1) is 21.3. The quantitative estimate of drug-likeness (QED) is 0.509. The van der Waals surface area contributed by atoms with Crippen LogP contribution in [-0.4, -0.2) is 35.4 Å². The van der Waals surface area contributed by atoms with E-state index in [1.165, 1.54) is 8.87 Å². The van der Waals surface area contributed by atoms with Crippen molar-refractivity contribution >= 4 is 37.0 Å². The monoisotopic (exact) mass is 501 g/mol. The van der Waals surface area contributed by atoms with Crippen LogP contribution in [0.2, 0.25) is 0 Å². The number of aromatic nitrogens is 2. The minimum atomic E-state index is -4.55. The number of halogens is 4. The first-order valence-corrected chi connectivity index (χ1v) is 11.7. The Kier molecular flexibility index (Phi) is 5.67. The van der Waals surface area contributed by atoms with Gasteiger partial charge in [0, 0.05) is 24.1 Å². The van der Waals surface area contributed by atoms with E-state index in [-0.39, 0.29) is 30.4 Å². The molecule has 1 aliphatic rings. The molecule has 4 rings (SSSR count). The van der Waals surface area contributed by atoms with Crippen molar-refractivity contribution in [2.75, 3.05) is 13.1 Å². The molecule has 2 heterocycles. The largest absolute Gasteiger partial charge is 0.449 e. The molecule has 1 saturated heterocycles.